The molecule has 0 fully saturated rings. The van der Waals surface area contributed by atoms with E-state index in [0.29, 0.717) is 28.0 Å². The Morgan fingerprint density at radius 3 is 2.39 bits per heavy atom. The SMILES string of the molecule is CC(=O)c1ccc(NC(=O)[C@H](C)Sc2nnc(-c3ccco3)n2-c2ccccc2)cc1. The van der Waals surface area contributed by atoms with Crippen molar-refractivity contribution in [2.75, 3.05) is 5.32 Å². The molecule has 0 saturated heterocycles. The topological polar surface area (TPSA) is 90.0 Å². The molecule has 0 unspecified atom stereocenters. The van der Waals surface area contributed by atoms with Crippen LogP contribution >= 0.6 is 11.8 Å². The Morgan fingerprint density at radius 1 is 1.00 bits per heavy atom. The second-order valence-corrected chi connectivity index (χ2v) is 8.15. The summed E-state index contributed by atoms with van der Waals surface area (Å²) in [5.41, 5.74) is 2.10. The van der Waals surface area contributed by atoms with Crippen molar-refractivity contribution in [3.8, 4) is 17.3 Å². The zero-order valence-corrected chi connectivity index (χ0v) is 17.8. The Hall–Kier alpha value is -3.65. The van der Waals surface area contributed by atoms with E-state index in [1.807, 2.05) is 41.0 Å². The summed E-state index contributed by atoms with van der Waals surface area (Å²) >= 11 is 1.30. The highest BCUT2D eigenvalue weighted by atomic mass is 32.2. The molecule has 1 N–H and O–H groups in total. The number of thioether (sulfide) groups is 1. The maximum Gasteiger partial charge on any atom is 0.237 e. The van der Waals surface area contributed by atoms with Crippen LogP contribution in [0.4, 0.5) is 5.69 Å². The molecule has 2 heterocycles. The predicted molar refractivity (Wildman–Crippen MR) is 119 cm³/mol. The van der Waals surface area contributed by atoms with Crippen molar-refractivity contribution >= 4 is 29.1 Å². The van der Waals surface area contributed by atoms with Crippen LogP contribution in [0, 0.1) is 0 Å². The first-order chi connectivity index (χ1) is 15.0. The highest BCUT2D eigenvalue weighted by Crippen LogP contribution is 2.30. The van der Waals surface area contributed by atoms with Gasteiger partial charge in [0.15, 0.2) is 16.7 Å². The molecule has 0 radical (unpaired) electrons. The molecule has 0 aliphatic carbocycles. The van der Waals surface area contributed by atoms with E-state index in [-0.39, 0.29) is 11.7 Å². The van der Waals surface area contributed by atoms with Gasteiger partial charge in [0.2, 0.25) is 11.7 Å². The molecule has 4 aromatic rings. The first kappa shape index (κ1) is 20.6. The summed E-state index contributed by atoms with van der Waals surface area (Å²) in [6.45, 7) is 3.31. The van der Waals surface area contributed by atoms with Crippen LogP contribution in [-0.2, 0) is 4.79 Å². The smallest absolute Gasteiger partial charge is 0.237 e. The number of anilines is 1. The van der Waals surface area contributed by atoms with Gasteiger partial charge < -0.3 is 9.73 Å². The predicted octanol–water partition coefficient (Wildman–Crippen LogP) is 4.85. The minimum absolute atomic E-state index is 0.0191. The lowest BCUT2D eigenvalue weighted by molar-refractivity contribution is -0.115. The number of amides is 1. The number of hydrogen-bond acceptors (Lipinski definition) is 6. The van der Waals surface area contributed by atoms with Crippen LogP contribution < -0.4 is 5.32 Å². The van der Waals surface area contributed by atoms with Gasteiger partial charge in [-0.3, -0.25) is 14.2 Å². The summed E-state index contributed by atoms with van der Waals surface area (Å²) in [5, 5.41) is 11.6. The van der Waals surface area contributed by atoms with E-state index in [4.69, 9.17) is 4.42 Å². The maximum absolute atomic E-state index is 12.7. The summed E-state index contributed by atoms with van der Waals surface area (Å²) in [7, 11) is 0. The number of benzene rings is 2. The van der Waals surface area contributed by atoms with E-state index in [1.54, 1.807) is 43.5 Å². The number of Topliss-reactive ketones (excluding diaryl/α,β-unsaturated/α-hetero) is 1. The van der Waals surface area contributed by atoms with Crippen molar-refractivity contribution in [1.29, 1.82) is 0 Å². The molecule has 0 bridgehead atoms. The van der Waals surface area contributed by atoms with E-state index in [9.17, 15) is 9.59 Å². The molecule has 2 aromatic heterocycles. The number of nitrogens with one attached hydrogen (secondary N) is 1. The van der Waals surface area contributed by atoms with Crippen molar-refractivity contribution in [3.05, 3.63) is 78.6 Å². The third kappa shape index (κ3) is 4.59. The van der Waals surface area contributed by atoms with Gasteiger partial charge >= 0.3 is 0 Å². The summed E-state index contributed by atoms with van der Waals surface area (Å²) in [4.78, 5) is 24.2. The van der Waals surface area contributed by atoms with Crippen molar-refractivity contribution in [1.82, 2.24) is 14.8 Å². The minimum Gasteiger partial charge on any atom is -0.461 e. The zero-order chi connectivity index (χ0) is 21.8. The van der Waals surface area contributed by atoms with Gasteiger partial charge in [-0.25, -0.2) is 0 Å². The number of rotatable bonds is 7. The van der Waals surface area contributed by atoms with Crippen LogP contribution in [0.1, 0.15) is 24.2 Å². The Balaban J connectivity index is 1.56. The molecule has 31 heavy (non-hydrogen) atoms. The molecular formula is C23H20N4O3S. The van der Waals surface area contributed by atoms with Gasteiger partial charge in [-0.15, -0.1) is 10.2 Å². The number of carbonyl (C=O) groups is 2. The molecule has 0 spiro atoms. The number of para-hydroxylation sites is 1. The van der Waals surface area contributed by atoms with Crippen LogP contribution in [0.3, 0.4) is 0 Å². The Morgan fingerprint density at radius 2 is 1.74 bits per heavy atom. The van der Waals surface area contributed by atoms with Crippen molar-refractivity contribution in [2.24, 2.45) is 0 Å². The number of ketones is 1. The molecular weight excluding hydrogens is 412 g/mol. The third-order valence-electron chi connectivity index (χ3n) is 4.60. The van der Waals surface area contributed by atoms with Gasteiger partial charge in [-0.1, -0.05) is 30.0 Å². The molecule has 7 nitrogen and oxygen atoms in total. The van der Waals surface area contributed by atoms with Gasteiger partial charge in [0.25, 0.3) is 0 Å². The maximum atomic E-state index is 12.7. The normalized spacial score (nSPS) is 11.8. The van der Waals surface area contributed by atoms with Crippen molar-refractivity contribution in [2.45, 2.75) is 24.3 Å². The molecule has 8 heteroatoms. The quantitative estimate of drug-likeness (QED) is 0.332. The van der Waals surface area contributed by atoms with Crippen LogP contribution in [0.2, 0.25) is 0 Å². The molecule has 0 aliphatic rings. The Kier molecular flexibility index (Phi) is 5.99. The summed E-state index contributed by atoms with van der Waals surface area (Å²) in [5.74, 6) is 0.953. The molecule has 2 aromatic carbocycles. The highest BCUT2D eigenvalue weighted by molar-refractivity contribution is 8.00. The summed E-state index contributed by atoms with van der Waals surface area (Å²) < 4.78 is 7.39. The lowest BCUT2D eigenvalue weighted by Crippen LogP contribution is -2.23. The van der Waals surface area contributed by atoms with E-state index in [2.05, 4.69) is 15.5 Å². The van der Waals surface area contributed by atoms with E-state index in [1.165, 1.54) is 18.7 Å². The lowest BCUT2D eigenvalue weighted by Gasteiger charge is -2.13. The lowest BCUT2D eigenvalue weighted by atomic mass is 10.1. The highest BCUT2D eigenvalue weighted by Gasteiger charge is 2.23. The Labute approximate surface area is 183 Å². The Bertz CT molecular complexity index is 1190. The number of hydrogen-bond donors (Lipinski definition) is 1. The number of nitrogens with zero attached hydrogens (tertiary/aromatic N) is 3. The number of aromatic nitrogens is 3. The van der Waals surface area contributed by atoms with E-state index >= 15 is 0 Å². The summed E-state index contributed by atoms with van der Waals surface area (Å²) in [6, 6.07) is 20.1. The second-order valence-electron chi connectivity index (χ2n) is 6.84. The van der Waals surface area contributed by atoms with Crippen molar-refractivity contribution < 1.29 is 14.0 Å². The van der Waals surface area contributed by atoms with Gasteiger partial charge in [-0.05, 0) is 62.4 Å². The standard InChI is InChI=1S/C23H20N4O3S/c1-15(28)17-10-12-18(13-11-17)24-22(29)16(2)31-23-26-25-21(20-9-6-14-30-20)27(23)19-7-4-3-5-8-19/h3-14,16H,1-2H3,(H,24,29)/t16-/m0/s1. The molecule has 156 valence electrons. The number of carbonyl (C=O) groups excluding carboxylic acids is 2. The van der Waals surface area contributed by atoms with Crippen molar-refractivity contribution in [3.63, 3.8) is 0 Å². The van der Waals surface area contributed by atoms with Gasteiger partial charge in [0, 0.05) is 16.9 Å². The first-order valence-electron chi connectivity index (χ1n) is 9.66. The molecule has 0 aliphatic heterocycles. The van der Waals surface area contributed by atoms with E-state index in [0.717, 1.165) is 5.69 Å². The van der Waals surface area contributed by atoms with Crippen LogP contribution in [-0.4, -0.2) is 31.7 Å². The zero-order valence-electron chi connectivity index (χ0n) is 17.0. The van der Waals surface area contributed by atoms with Crippen LogP contribution in [0.25, 0.3) is 17.3 Å². The van der Waals surface area contributed by atoms with Crippen LogP contribution in [0.5, 0.6) is 0 Å². The monoisotopic (exact) mass is 432 g/mol. The first-order valence-corrected chi connectivity index (χ1v) is 10.5. The van der Waals surface area contributed by atoms with Crippen LogP contribution in [0.15, 0.2) is 82.6 Å². The average Bonchev–Trinajstić information content (AvgIpc) is 3.44. The minimum atomic E-state index is -0.441. The van der Waals surface area contributed by atoms with Gasteiger partial charge in [-0.2, -0.15) is 0 Å². The largest absolute Gasteiger partial charge is 0.461 e. The third-order valence-corrected chi connectivity index (χ3v) is 5.64. The fourth-order valence-corrected chi connectivity index (χ4v) is 3.83. The average molecular weight is 433 g/mol. The second kappa shape index (κ2) is 9.01. The molecule has 0 saturated carbocycles. The number of furan rings is 1. The van der Waals surface area contributed by atoms with Gasteiger partial charge in [0.05, 0.1) is 11.5 Å². The summed E-state index contributed by atoms with van der Waals surface area (Å²) in [6.07, 6.45) is 1.58. The van der Waals surface area contributed by atoms with E-state index < -0.39 is 5.25 Å². The molecule has 4 rings (SSSR count). The van der Waals surface area contributed by atoms with Gasteiger partial charge in [0.1, 0.15) is 0 Å². The molecule has 1 atom stereocenters. The fourth-order valence-electron chi connectivity index (χ4n) is 2.97. The molecule has 1 amide bonds. The fraction of sp³-hybridized carbons (Fsp3) is 0.130.